The fraction of sp³-hybridized carbons (Fsp3) is 0.333. The van der Waals surface area contributed by atoms with Gasteiger partial charge in [-0.2, -0.15) is 0 Å². The molecule has 1 aliphatic heterocycles. The third-order valence-electron chi connectivity index (χ3n) is 2.60. The van der Waals surface area contributed by atoms with Crippen LogP contribution in [0.3, 0.4) is 0 Å². The highest BCUT2D eigenvalue weighted by Crippen LogP contribution is 2.25. The maximum atomic E-state index is 11.5. The van der Waals surface area contributed by atoms with Gasteiger partial charge in [0.25, 0.3) is 0 Å². The van der Waals surface area contributed by atoms with E-state index < -0.39 is 0 Å². The molecule has 2 amide bonds. The van der Waals surface area contributed by atoms with E-state index in [1.807, 2.05) is 18.2 Å². The van der Waals surface area contributed by atoms with Crippen LogP contribution in [0.1, 0.15) is 12.5 Å². The summed E-state index contributed by atoms with van der Waals surface area (Å²) in [5, 5.41) is 8.45. The van der Waals surface area contributed by atoms with E-state index in [0.717, 1.165) is 24.3 Å². The van der Waals surface area contributed by atoms with Crippen LogP contribution in [-0.4, -0.2) is 24.9 Å². The summed E-state index contributed by atoms with van der Waals surface area (Å²) < 4.78 is 0. The SMILES string of the molecule is CC(=O)NCC(=O)Nc1ccc2c(c1)CCN2. The minimum absolute atomic E-state index is 0.00463. The molecule has 1 heterocycles. The van der Waals surface area contributed by atoms with Gasteiger partial charge in [0.1, 0.15) is 0 Å². The van der Waals surface area contributed by atoms with E-state index in [0.29, 0.717) is 0 Å². The summed E-state index contributed by atoms with van der Waals surface area (Å²) in [6.45, 7) is 2.33. The minimum Gasteiger partial charge on any atom is -0.384 e. The van der Waals surface area contributed by atoms with Gasteiger partial charge in [-0.25, -0.2) is 0 Å². The van der Waals surface area contributed by atoms with E-state index in [9.17, 15) is 9.59 Å². The summed E-state index contributed by atoms with van der Waals surface area (Å²) in [6.07, 6.45) is 0.977. The largest absolute Gasteiger partial charge is 0.384 e. The summed E-state index contributed by atoms with van der Waals surface area (Å²) >= 11 is 0. The van der Waals surface area contributed by atoms with Gasteiger partial charge in [-0.3, -0.25) is 9.59 Å². The molecule has 1 aromatic rings. The van der Waals surface area contributed by atoms with Crippen LogP contribution in [0.2, 0.25) is 0 Å². The average Bonchev–Trinajstić information content (AvgIpc) is 2.73. The highest BCUT2D eigenvalue weighted by atomic mass is 16.2. The number of anilines is 2. The van der Waals surface area contributed by atoms with Crippen molar-refractivity contribution in [2.24, 2.45) is 0 Å². The molecule has 1 aromatic carbocycles. The maximum absolute atomic E-state index is 11.5. The molecule has 1 aliphatic rings. The Morgan fingerprint density at radius 1 is 1.41 bits per heavy atom. The van der Waals surface area contributed by atoms with Gasteiger partial charge in [-0.05, 0) is 30.2 Å². The van der Waals surface area contributed by atoms with E-state index in [-0.39, 0.29) is 18.4 Å². The normalized spacial score (nSPS) is 12.5. The Hall–Kier alpha value is -2.04. The molecule has 0 spiro atoms. The van der Waals surface area contributed by atoms with Crippen molar-refractivity contribution in [1.29, 1.82) is 0 Å². The average molecular weight is 233 g/mol. The van der Waals surface area contributed by atoms with Crippen molar-refractivity contribution in [1.82, 2.24) is 5.32 Å². The predicted octanol–water partition coefficient (Wildman–Crippen LogP) is 0.729. The third-order valence-corrected chi connectivity index (χ3v) is 2.60. The molecule has 17 heavy (non-hydrogen) atoms. The van der Waals surface area contributed by atoms with Crippen LogP contribution in [0.4, 0.5) is 11.4 Å². The number of amides is 2. The third kappa shape index (κ3) is 2.96. The second-order valence-electron chi connectivity index (χ2n) is 4.01. The molecule has 0 saturated heterocycles. The van der Waals surface area contributed by atoms with Crippen molar-refractivity contribution in [2.45, 2.75) is 13.3 Å². The van der Waals surface area contributed by atoms with Crippen molar-refractivity contribution in [2.75, 3.05) is 23.7 Å². The number of fused-ring (bicyclic) bond motifs is 1. The number of rotatable bonds is 3. The second-order valence-corrected chi connectivity index (χ2v) is 4.01. The number of hydrogen-bond acceptors (Lipinski definition) is 3. The molecule has 2 rings (SSSR count). The Morgan fingerprint density at radius 3 is 3.00 bits per heavy atom. The lowest BCUT2D eigenvalue weighted by Gasteiger charge is -2.07. The Balaban J connectivity index is 1.95. The molecule has 0 bridgehead atoms. The zero-order valence-electron chi connectivity index (χ0n) is 9.67. The Morgan fingerprint density at radius 2 is 2.24 bits per heavy atom. The van der Waals surface area contributed by atoms with E-state index in [4.69, 9.17) is 0 Å². The molecule has 0 unspecified atom stereocenters. The number of carbonyl (C=O) groups excluding carboxylic acids is 2. The van der Waals surface area contributed by atoms with Gasteiger partial charge in [0.05, 0.1) is 6.54 Å². The molecule has 0 aromatic heterocycles. The van der Waals surface area contributed by atoms with E-state index in [2.05, 4.69) is 16.0 Å². The van der Waals surface area contributed by atoms with Crippen LogP contribution in [0.5, 0.6) is 0 Å². The van der Waals surface area contributed by atoms with E-state index >= 15 is 0 Å². The lowest BCUT2D eigenvalue weighted by Crippen LogP contribution is -2.31. The summed E-state index contributed by atoms with van der Waals surface area (Å²) in [5.74, 6) is -0.426. The van der Waals surface area contributed by atoms with Gasteiger partial charge in [0, 0.05) is 24.8 Å². The van der Waals surface area contributed by atoms with Gasteiger partial charge in [0.15, 0.2) is 0 Å². The predicted molar refractivity (Wildman–Crippen MR) is 65.9 cm³/mol. The first kappa shape index (κ1) is 11.4. The molecule has 0 atom stereocenters. The summed E-state index contributed by atoms with van der Waals surface area (Å²) in [5.41, 5.74) is 3.11. The van der Waals surface area contributed by atoms with Crippen molar-refractivity contribution in [3.05, 3.63) is 23.8 Å². The highest BCUT2D eigenvalue weighted by molar-refractivity contribution is 5.94. The lowest BCUT2D eigenvalue weighted by molar-refractivity contribution is -0.122. The topological polar surface area (TPSA) is 70.2 Å². The standard InChI is InChI=1S/C12H15N3O2/c1-8(16)14-7-12(17)15-10-2-3-11-9(6-10)4-5-13-11/h2-3,6,13H,4-5,7H2,1H3,(H,14,16)(H,15,17). The number of hydrogen-bond donors (Lipinski definition) is 3. The van der Waals surface area contributed by atoms with Gasteiger partial charge < -0.3 is 16.0 Å². The van der Waals surface area contributed by atoms with Crippen LogP contribution in [0, 0.1) is 0 Å². The van der Waals surface area contributed by atoms with Gasteiger partial charge in [-0.15, -0.1) is 0 Å². The van der Waals surface area contributed by atoms with Crippen LogP contribution < -0.4 is 16.0 Å². The lowest BCUT2D eigenvalue weighted by atomic mass is 10.1. The highest BCUT2D eigenvalue weighted by Gasteiger charge is 2.11. The van der Waals surface area contributed by atoms with Crippen molar-refractivity contribution in [3.63, 3.8) is 0 Å². The molecular formula is C12H15N3O2. The summed E-state index contributed by atoms with van der Waals surface area (Å²) in [4.78, 5) is 22.1. The maximum Gasteiger partial charge on any atom is 0.243 e. The molecule has 0 radical (unpaired) electrons. The van der Waals surface area contributed by atoms with Gasteiger partial charge >= 0.3 is 0 Å². The molecule has 0 saturated carbocycles. The van der Waals surface area contributed by atoms with Crippen LogP contribution in [0.25, 0.3) is 0 Å². The zero-order chi connectivity index (χ0) is 12.3. The fourth-order valence-corrected chi connectivity index (χ4v) is 1.79. The minimum atomic E-state index is -0.217. The first-order chi connectivity index (χ1) is 8.15. The first-order valence-electron chi connectivity index (χ1n) is 5.56. The van der Waals surface area contributed by atoms with Gasteiger partial charge in [0.2, 0.25) is 11.8 Å². The van der Waals surface area contributed by atoms with Crippen LogP contribution in [-0.2, 0) is 16.0 Å². The van der Waals surface area contributed by atoms with E-state index in [1.54, 1.807) is 0 Å². The van der Waals surface area contributed by atoms with Crippen LogP contribution in [0.15, 0.2) is 18.2 Å². The molecule has 5 heteroatoms. The Kier molecular flexibility index (Phi) is 3.27. The van der Waals surface area contributed by atoms with Crippen molar-refractivity contribution < 1.29 is 9.59 Å². The number of nitrogens with one attached hydrogen (secondary N) is 3. The summed E-state index contributed by atoms with van der Waals surface area (Å²) in [6, 6.07) is 5.76. The monoisotopic (exact) mass is 233 g/mol. The zero-order valence-corrected chi connectivity index (χ0v) is 9.67. The smallest absolute Gasteiger partial charge is 0.243 e. The number of carbonyl (C=O) groups is 2. The number of benzene rings is 1. The molecular weight excluding hydrogens is 218 g/mol. The van der Waals surface area contributed by atoms with Crippen LogP contribution >= 0.6 is 0 Å². The van der Waals surface area contributed by atoms with Crippen molar-refractivity contribution in [3.8, 4) is 0 Å². The quantitative estimate of drug-likeness (QED) is 0.720. The fourth-order valence-electron chi connectivity index (χ4n) is 1.79. The molecule has 0 fully saturated rings. The Labute approximate surface area is 99.6 Å². The molecule has 0 aliphatic carbocycles. The van der Waals surface area contributed by atoms with E-state index in [1.165, 1.54) is 12.5 Å². The molecule has 5 nitrogen and oxygen atoms in total. The molecule has 90 valence electrons. The molecule has 3 N–H and O–H groups in total. The van der Waals surface area contributed by atoms with Crippen molar-refractivity contribution >= 4 is 23.2 Å². The van der Waals surface area contributed by atoms with Gasteiger partial charge in [-0.1, -0.05) is 0 Å². The summed E-state index contributed by atoms with van der Waals surface area (Å²) in [7, 11) is 0. The first-order valence-corrected chi connectivity index (χ1v) is 5.56. The Bertz CT molecular complexity index is 457. The second kappa shape index (κ2) is 4.86.